The summed E-state index contributed by atoms with van der Waals surface area (Å²) in [6.07, 6.45) is 1.97. The van der Waals surface area contributed by atoms with Crippen LogP contribution in [0.4, 0.5) is 5.69 Å². The number of hydrogen-bond donors (Lipinski definition) is 5. The van der Waals surface area contributed by atoms with Crippen LogP contribution in [-0.2, 0) is 19.8 Å². The molecule has 0 spiro atoms. The maximum Gasteiger partial charge on any atom is 0.303 e. The van der Waals surface area contributed by atoms with Crippen LogP contribution < -0.4 is 30.9 Å². The molecule has 4 amide bonds. The van der Waals surface area contributed by atoms with Crippen molar-refractivity contribution in [2.24, 2.45) is 5.92 Å². The maximum absolute atomic E-state index is 13.6. The van der Waals surface area contributed by atoms with Gasteiger partial charge in [-0.2, -0.15) is 12.7 Å². The van der Waals surface area contributed by atoms with Crippen molar-refractivity contribution in [3.8, 4) is 0 Å². The number of amides is 4. The number of anilines is 1. The molecule has 0 unspecified atom stereocenters. The second-order valence-corrected chi connectivity index (χ2v) is 14.3. The number of carbonyl (C=O) groups excluding carboxylic acids is 4. The molecule has 2 rings (SSSR count). The summed E-state index contributed by atoms with van der Waals surface area (Å²) < 4.78 is 28.0. The molecule has 5 N–H and O–H groups in total. The third-order valence-electron chi connectivity index (χ3n) is 7.71. The Labute approximate surface area is 285 Å². The van der Waals surface area contributed by atoms with Gasteiger partial charge in [0.25, 0.3) is 11.8 Å². The molecule has 0 heterocycles. The standard InChI is InChI=1S/C34H51N7O6S/c1-10-15-28(21-36-24(6)31(42)39-30(22(3)4)34(45)35-11-2)38-33(44)27-18-26(19-29(20-27)41(9)48(46,47)40(7)8)32(43)37-23(5)25-16-13-12-14-17-25/h10,12-14,16-20,22-24,28,30,36H,1,11,15,21H2,2-9H3,(H,35,45)(H,37,43)(H,38,44)(H,39,42)/t23-,24+,28+,30+/m1/s1. The van der Waals surface area contributed by atoms with E-state index in [1.807, 2.05) is 51.1 Å². The lowest BCUT2D eigenvalue weighted by atomic mass is 10.0. The van der Waals surface area contributed by atoms with Gasteiger partial charge in [-0.25, -0.2) is 0 Å². The Morgan fingerprint density at radius 3 is 1.96 bits per heavy atom. The minimum atomic E-state index is -3.94. The van der Waals surface area contributed by atoms with Crippen molar-refractivity contribution >= 4 is 39.5 Å². The molecule has 4 atom stereocenters. The van der Waals surface area contributed by atoms with Gasteiger partial charge in [-0.15, -0.1) is 6.58 Å². The van der Waals surface area contributed by atoms with Gasteiger partial charge < -0.3 is 26.6 Å². The zero-order chi connectivity index (χ0) is 36.2. The summed E-state index contributed by atoms with van der Waals surface area (Å²) in [6, 6.07) is 11.3. The topological polar surface area (TPSA) is 169 Å². The van der Waals surface area contributed by atoms with Crippen molar-refractivity contribution in [2.75, 3.05) is 38.5 Å². The third-order valence-corrected chi connectivity index (χ3v) is 9.53. The minimum Gasteiger partial charge on any atom is -0.355 e. The van der Waals surface area contributed by atoms with E-state index in [1.54, 1.807) is 19.9 Å². The van der Waals surface area contributed by atoms with Gasteiger partial charge in [0.05, 0.1) is 17.8 Å². The van der Waals surface area contributed by atoms with Crippen LogP contribution in [0, 0.1) is 5.92 Å². The lowest BCUT2D eigenvalue weighted by Gasteiger charge is -2.26. The van der Waals surface area contributed by atoms with Crippen molar-refractivity contribution in [3.63, 3.8) is 0 Å². The molecule has 0 bridgehead atoms. The van der Waals surface area contributed by atoms with Crippen LogP contribution in [0.25, 0.3) is 0 Å². The molecule has 0 saturated carbocycles. The van der Waals surface area contributed by atoms with E-state index in [4.69, 9.17) is 0 Å². The normalized spacial score (nSPS) is 14.0. The average molecular weight is 686 g/mol. The number of rotatable bonds is 18. The highest BCUT2D eigenvalue weighted by Crippen LogP contribution is 2.23. The summed E-state index contributed by atoms with van der Waals surface area (Å²) in [5.41, 5.74) is 1.15. The van der Waals surface area contributed by atoms with Gasteiger partial charge in [0.2, 0.25) is 11.8 Å². The molecule has 2 aromatic carbocycles. The summed E-state index contributed by atoms with van der Waals surface area (Å²) in [6.45, 7) is 13.4. The second-order valence-electron chi connectivity index (χ2n) is 12.1. The van der Waals surface area contributed by atoms with Gasteiger partial charge in [-0.3, -0.25) is 23.5 Å². The van der Waals surface area contributed by atoms with E-state index in [9.17, 15) is 27.6 Å². The zero-order valence-electron chi connectivity index (χ0n) is 29.2. The molecular weight excluding hydrogens is 634 g/mol. The lowest BCUT2D eigenvalue weighted by molar-refractivity contribution is -0.130. The summed E-state index contributed by atoms with van der Waals surface area (Å²) in [7, 11) is 0.163. The Morgan fingerprint density at radius 2 is 1.44 bits per heavy atom. The van der Waals surface area contributed by atoms with Crippen molar-refractivity contribution in [2.45, 2.75) is 65.2 Å². The van der Waals surface area contributed by atoms with Gasteiger partial charge >= 0.3 is 10.2 Å². The highest BCUT2D eigenvalue weighted by Gasteiger charge is 2.27. The SMILES string of the molecule is C=CC[C@@H](CN[C@@H](C)C(=O)N[C@H](C(=O)NCC)C(C)C)NC(=O)c1cc(C(=O)N[C@H](C)c2ccccc2)cc(N(C)S(=O)(=O)N(C)C)c1. The lowest BCUT2D eigenvalue weighted by Crippen LogP contribution is -2.55. The van der Waals surface area contributed by atoms with Crippen molar-refractivity contribution in [1.29, 1.82) is 0 Å². The summed E-state index contributed by atoms with van der Waals surface area (Å²) in [5, 5.41) is 14.4. The Morgan fingerprint density at radius 1 is 0.854 bits per heavy atom. The molecule has 0 radical (unpaired) electrons. The van der Waals surface area contributed by atoms with E-state index in [-0.39, 0.29) is 47.1 Å². The van der Waals surface area contributed by atoms with E-state index in [2.05, 4.69) is 33.2 Å². The van der Waals surface area contributed by atoms with E-state index in [0.717, 1.165) is 14.2 Å². The third kappa shape index (κ3) is 11.2. The van der Waals surface area contributed by atoms with Gasteiger partial charge in [-0.05, 0) is 56.9 Å². The van der Waals surface area contributed by atoms with Crippen LogP contribution in [0.5, 0.6) is 0 Å². The molecular formula is C34H51N7O6S. The molecule has 0 aromatic heterocycles. The smallest absolute Gasteiger partial charge is 0.303 e. The predicted octanol–water partition coefficient (Wildman–Crippen LogP) is 2.35. The zero-order valence-corrected chi connectivity index (χ0v) is 30.0. The maximum atomic E-state index is 13.6. The van der Waals surface area contributed by atoms with Crippen LogP contribution in [0.1, 0.15) is 73.4 Å². The van der Waals surface area contributed by atoms with Crippen LogP contribution >= 0.6 is 0 Å². The van der Waals surface area contributed by atoms with Crippen molar-refractivity contribution in [1.82, 2.24) is 30.9 Å². The molecule has 48 heavy (non-hydrogen) atoms. The van der Waals surface area contributed by atoms with Gasteiger partial charge in [0.15, 0.2) is 0 Å². The van der Waals surface area contributed by atoms with Crippen LogP contribution in [0.3, 0.4) is 0 Å². The quantitative estimate of drug-likeness (QED) is 0.150. The Balaban J connectivity index is 2.31. The monoisotopic (exact) mass is 685 g/mol. The first kappa shape index (κ1) is 39.9. The molecule has 2 aromatic rings. The molecule has 0 aliphatic heterocycles. The summed E-state index contributed by atoms with van der Waals surface area (Å²) >= 11 is 0. The number of nitrogens with zero attached hydrogens (tertiary/aromatic N) is 2. The number of nitrogens with one attached hydrogen (secondary N) is 5. The molecule has 0 aliphatic carbocycles. The fraction of sp³-hybridized carbons (Fsp3) is 0.471. The number of carbonyl (C=O) groups is 4. The molecule has 13 nitrogen and oxygen atoms in total. The highest BCUT2D eigenvalue weighted by atomic mass is 32.2. The van der Waals surface area contributed by atoms with Crippen LogP contribution in [-0.4, -0.2) is 88.7 Å². The first-order chi connectivity index (χ1) is 22.5. The average Bonchev–Trinajstić information content (AvgIpc) is 3.05. The molecule has 0 aliphatic rings. The Hall–Kier alpha value is -4.27. The van der Waals surface area contributed by atoms with E-state index >= 15 is 0 Å². The summed E-state index contributed by atoms with van der Waals surface area (Å²) in [4.78, 5) is 52.4. The van der Waals surface area contributed by atoms with E-state index < -0.39 is 40.1 Å². The summed E-state index contributed by atoms with van der Waals surface area (Å²) in [5.74, 6) is -1.81. The largest absolute Gasteiger partial charge is 0.355 e. The van der Waals surface area contributed by atoms with Crippen LogP contribution in [0.2, 0.25) is 0 Å². The Kier molecular flexibility index (Phi) is 15.2. The van der Waals surface area contributed by atoms with E-state index in [1.165, 1.54) is 39.3 Å². The first-order valence-corrected chi connectivity index (χ1v) is 17.3. The molecule has 0 saturated heterocycles. The van der Waals surface area contributed by atoms with Crippen molar-refractivity contribution < 1.29 is 27.6 Å². The predicted molar refractivity (Wildman–Crippen MR) is 189 cm³/mol. The minimum absolute atomic E-state index is 0.0624. The number of benzene rings is 2. The molecule has 264 valence electrons. The van der Waals surface area contributed by atoms with Gasteiger partial charge in [0.1, 0.15) is 6.04 Å². The van der Waals surface area contributed by atoms with Crippen LogP contribution in [0.15, 0.2) is 61.2 Å². The van der Waals surface area contributed by atoms with Crippen molar-refractivity contribution in [3.05, 3.63) is 77.9 Å². The number of likely N-dealkylation sites (N-methyl/N-ethyl adjacent to an activating group) is 1. The Bertz CT molecular complexity index is 1530. The van der Waals surface area contributed by atoms with Gasteiger partial charge in [0, 0.05) is 51.4 Å². The second kappa shape index (κ2) is 18.3. The molecule has 14 heteroatoms. The van der Waals surface area contributed by atoms with Gasteiger partial charge in [-0.1, -0.05) is 50.3 Å². The molecule has 0 fully saturated rings. The first-order valence-electron chi connectivity index (χ1n) is 15.9. The highest BCUT2D eigenvalue weighted by molar-refractivity contribution is 7.90. The number of hydrogen-bond acceptors (Lipinski definition) is 7. The fourth-order valence-electron chi connectivity index (χ4n) is 4.71. The van der Waals surface area contributed by atoms with E-state index in [0.29, 0.717) is 13.0 Å². The fourth-order valence-corrected chi connectivity index (χ4v) is 5.57.